The molecule has 0 aliphatic rings. The molecule has 0 fully saturated rings. The predicted octanol–water partition coefficient (Wildman–Crippen LogP) is 9.24. The minimum absolute atomic E-state index is 0.0270. The third-order valence-electron chi connectivity index (χ3n) is 9.78. The first-order valence-electron chi connectivity index (χ1n) is 18.0. The fourth-order valence-corrected chi connectivity index (χ4v) is 6.77. The second kappa shape index (κ2) is 18.9. The summed E-state index contributed by atoms with van der Waals surface area (Å²) in [6, 6.07) is 28.1. The lowest BCUT2D eigenvalue weighted by Crippen LogP contribution is -2.41. The van der Waals surface area contributed by atoms with Crippen molar-refractivity contribution in [3.63, 3.8) is 0 Å². The summed E-state index contributed by atoms with van der Waals surface area (Å²) >= 11 is 0. The number of carbonyl (C=O) groups excluding carboxylic acids is 1. The van der Waals surface area contributed by atoms with E-state index in [0.717, 1.165) is 16.7 Å². The lowest BCUT2D eigenvalue weighted by Gasteiger charge is -2.36. The van der Waals surface area contributed by atoms with E-state index in [1.54, 1.807) is 14.2 Å². The van der Waals surface area contributed by atoms with E-state index in [1.807, 2.05) is 78.9 Å². The molecule has 290 valence electrons. The van der Waals surface area contributed by atoms with Gasteiger partial charge in [0.05, 0.1) is 44.5 Å². The normalized spacial score (nSPS) is 11.9. The van der Waals surface area contributed by atoms with E-state index in [9.17, 15) is 14.9 Å². The van der Waals surface area contributed by atoms with Gasteiger partial charge < -0.3 is 32.8 Å². The third-order valence-corrected chi connectivity index (χ3v) is 14.3. The van der Waals surface area contributed by atoms with Crippen LogP contribution in [0.2, 0.25) is 18.1 Å². The molecule has 0 aliphatic carbocycles. The molecular weight excluding hydrogens is 707 g/mol. The van der Waals surface area contributed by atoms with E-state index in [1.165, 1.54) is 19.2 Å². The molecule has 0 atom stereocenters. The number of nitro groups is 1. The number of methoxy groups -OCH3 is 3. The van der Waals surface area contributed by atoms with Crippen LogP contribution in [0.5, 0.6) is 23.0 Å². The molecule has 0 bridgehead atoms. The van der Waals surface area contributed by atoms with Gasteiger partial charge in [0.25, 0.3) is 5.69 Å². The Bertz CT molecular complexity index is 1760. The van der Waals surface area contributed by atoms with Gasteiger partial charge in [0.1, 0.15) is 23.7 Å². The van der Waals surface area contributed by atoms with Crippen LogP contribution in [0.3, 0.4) is 0 Å². The fourth-order valence-electron chi connectivity index (χ4n) is 5.68. The van der Waals surface area contributed by atoms with Crippen LogP contribution < -0.4 is 18.9 Å². The Hall–Kier alpha value is -4.91. The molecule has 0 unspecified atom stereocenters. The van der Waals surface area contributed by atoms with E-state index in [0.29, 0.717) is 43.3 Å². The van der Waals surface area contributed by atoms with Crippen LogP contribution in [0.1, 0.15) is 62.3 Å². The van der Waals surface area contributed by atoms with Crippen molar-refractivity contribution in [2.45, 2.75) is 70.4 Å². The standard InChI is InChI=1S/C42H53NO10Si/c1-41(2,3)54(7,8)53-27-13-25-50-39-29-37(43(45)46)31(28-38(39)49-6)30-51-40(44)16-12-26-52-42(32-14-10-9-11-15-32,33-17-21-35(47-4)22-18-33)34-19-23-36(48-5)24-20-34/h9-11,14-15,17-24,28-29H,12-13,16,25-27,30H2,1-8H3. The van der Waals surface area contributed by atoms with Gasteiger partial charge in [0.15, 0.2) is 19.8 Å². The highest BCUT2D eigenvalue weighted by Crippen LogP contribution is 2.42. The highest BCUT2D eigenvalue weighted by atomic mass is 28.4. The van der Waals surface area contributed by atoms with Crippen molar-refractivity contribution in [1.29, 1.82) is 0 Å². The number of esters is 1. The number of hydrogen-bond donors (Lipinski definition) is 0. The summed E-state index contributed by atoms with van der Waals surface area (Å²) in [6.07, 6.45) is 0.968. The number of carbonyl (C=O) groups is 1. The van der Waals surface area contributed by atoms with E-state index in [-0.39, 0.29) is 41.7 Å². The van der Waals surface area contributed by atoms with Crippen molar-refractivity contribution in [1.82, 2.24) is 0 Å². The van der Waals surface area contributed by atoms with Crippen molar-refractivity contribution in [2.24, 2.45) is 0 Å². The number of nitro benzene ring substituents is 1. The summed E-state index contributed by atoms with van der Waals surface area (Å²) in [4.78, 5) is 24.5. The van der Waals surface area contributed by atoms with E-state index < -0.39 is 24.8 Å². The second-order valence-electron chi connectivity index (χ2n) is 14.3. The van der Waals surface area contributed by atoms with Gasteiger partial charge in [-0.1, -0.05) is 75.4 Å². The first-order valence-corrected chi connectivity index (χ1v) is 20.9. The maximum absolute atomic E-state index is 13.0. The molecule has 4 rings (SSSR count). The predicted molar refractivity (Wildman–Crippen MR) is 210 cm³/mol. The summed E-state index contributed by atoms with van der Waals surface area (Å²) in [5.41, 5.74) is 1.58. The maximum Gasteiger partial charge on any atom is 0.306 e. The number of hydrogen-bond acceptors (Lipinski definition) is 10. The Labute approximate surface area is 319 Å². The smallest absolute Gasteiger partial charge is 0.306 e. The Morgan fingerprint density at radius 3 is 1.81 bits per heavy atom. The largest absolute Gasteiger partial charge is 0.497 e. The molecule has 0 heterocycles. The molecule has 0 radical (unpaired) electrons. The number of rotatable bonds is 20. The zero-order valence-electron chi connectivity index (χ0n) is 32.6. The van der Waals surface area contributed by atoms with Crippen molar-refractivity contribution < 1.29 is 42.6 Å². The molecule has 0 saturated heterocycles. The zero-order chi connectivity index (χ0) is 39.4. The van der Waals surface area contributed by atoms with Crippen molar-refractivity contribution >= 4 is 20.0 Å². The molecule has 4 aromatic carbocycles. The lowest BCUT2D eigenvalue weighted by molar-refractivity contribution is -0.385. The van der Waals surface area contributed by atoms with Gasteiger partial charge in [-0.3, -0.25) is 14.9 Å². The number of benzene rings is 4. The molecule has 0 aromatic heterocycles. The Morgan fingerprint density at radius 1 is 0.722 bits per heavy atom. The average molecular weight is 760 g/mol. The van der Waals surface area contributed by atoms with Crippen LogP contribution in [0.4, 0.5) is 5.69 Å². The molecule has 11 nitrogen and oxygen atoms in total. The topological polar surface area (TPSA) is 125 Å². The van der Waals surface area contributed by atoms with Gasteiger partial charge in [-0.15, -0.1) is 0 Å². The van der Waals surface area contributed by atoms with Crippen molar-refractivity contribution in [3.8, 4) is 23.0 Å². The molecule has 0 saturated carbocycles. The van der Waals surface area contributed by atoms with Gasteiger partial charge in [-0.2, -0.15) is 0 Å². The molecule has 54 heavy (non-hydrogen) atoms. The van der Waals surface area contributed by atoms with E-state index in [4.69, 9.17) is 32.8 Å². The van der Waals surface area contributed by atoms with Gasteiger partial charge in [0.2, 0.25) is 0 Å². The van der Waals surface area contributed by atoms with Crippen LogP contribution in [0, 0.1) is 10.1 Å². The van der Waals surface area contributed by atoms with Gasteiger partial charge in [-0.25, -0.2) is 0 Å². The Morgan fingerprint density at radius 2 is 1.30 bits per heavy atom. The van der Waals surface area contributed by atoms with Crippen LogP contribution in [0.15, 0.2) is 91.0 Å². The molecule has 0 spiro atoms. The van der Waals surface area contributed by atoms with Gasteiger partial charge in [0, 0.05) is 26.1 Å². The molecule has 0 aliphatic heterocycles. The number of nitrogens with zero attached hydrogens (tertiary/aromatic N) is 1. The average Bonchev–Trinajstić information content (AvgIpc) is 3.17. The fraction of sp³-hybridized carbons (Fsp3) is 0.405. The van der Waals surface area contributed by atoms with Crippen molar-refractivity contribution in [2.75, 3.05) is 41.2 Å². The summed E-state index contributed by atoms with van der Waals surface area (Å²) in [5, 5.41) is 12.1. The van der Waals surface area contributed by atoms with Crippen LogP contribution in [-0.4, -0.2) is 60.4 Å². The first kappa shape index (κ1) is 41.8. The quantitative estimate of drug-likeness (QED) is 0.0215. The minimum Gasteiger partial charge on any atom is -0.497 e. The van der Waals surface area contributed by atoms with Crippen LogP contribution in [0.25, 0.3) is 0 Å². The lowest BCUT2D eigenvalue weighted by atomic mass is 9.80. The Kier molecular flexibility index (Phi) is 14.7. The molecule has 4 aromatic rings. The minimum atomic E-state index is -1.90. The first-order chi connectivity index (χ1) is 25.7. The van der Waals surface area contributed by atoms with Crippen molar-refractivity contribution in [3.05, 3.63) is 123 Å². The van der Waals surface area contributed by atoms with Crippen LogP contribution >= 0.6 is 0 Å². The van der Waals surface area contributed by atoms with Crippen LogP contribution in [-0.2, 0) is 30.9 Å². The highest BCUT2D eigenvalue weighted by Gasteiger charge is 2.38. The zero-order valence-corrected chi connectivity index (χ0v) is 33.6. The van der Waals surface area contributed by atoms with Gasteiger partial charge >= 0.3 is 5.97 Å². The summed E-state index contributed by atoms with van der Waals surface area (Å²) < 4.78 is 40.8. The third kappa shape index (κ3) is 10.4. The molecule has 12 heteroatoms. The highest BCUT2D eigenvalue weighted by molar-refractivity contribution is 6.74. The molecular formula is C42H53NO10Si. The molecule has 0 amide bonds. The van der Waals surface area contributed by atoms with Gasteiger partial charge in [-0.05, 0) is 71.6 Å². The second-order valence-corrected chi connectivity index (χ2v) is 19.1. The maximum atomic E-state index is 13.0. The summed E-state index contributed by atoms with van der Waals surface area (Å²) in [6.45, 7) is 11.6. The number of ether oxygens (including phenoxy) is 6. The molecule has 0 N–H and O–H groups in total. The Balaban J connectivity index is 1.43. The SMILES string of the molecule is COc1ccc(C(OCCCC(=O)OCc2cc(OC)c(OCCCO[Si](C)(C)C(C)(C)C)cc2[N+](=O)[O-])(c2ccccc2)c2ccc(OC)cc2)cc1. The van der Waals surface area contributed by atoms with E-state index >= 15 is 0 Å². The summed E-state index contributed by atoms with van der Waals surface area (Å²) in [7, 11) is 2.79. The monoisotopic (exact) mass is 759 g/mol. The summed E-state index contributed by atoms with van der Waals surface area (Å²) in [5.74, 6) is 1.44. The van der Waals surface area contributed by atoms with E-state index in [2.05, 4.69) is 33.9 Å².